The maximum atomic E-state index is 12.2. The number of aromatic amines is 1. The molecule has 0 saturated carbocycles. The van der Waals surface area contributed by atoms with Crippen molar-refractivity contribution >= 4 is 0 Å². The highest BCUT2D eigenvalue weighted by Gasteiger charge is 2.17. The molecule has 3 heteroatoms. The Kier molecular flexibility index (Phi) is 2.97. The molecule has 1 aromatic heterocycles. The van der Waals surface area contributed by atoms with E-state index in [9.17, 15) is 4.79 Å². The summed E-state index contributed by atoms with van der Waals surface area (Å²) in [7, 11) is 0. The van der Waals surface area contributed by atoms with Crippen LogP contribution in [-0.2, 0) is 12.8 Å². The highest BCUT2D eigenvalue weighted by atomic mass is 16.1. The molecule has 3 nitrogen and oxygen atoms in total. The van der Waals surface area contributed by atoms with E-state index >= 15 is 0 Å². The standard InChI is InChI=1S/C16H18N2O/c1-10-6-5-7-11(2)14(10)15-17-13-9-4-3-8-12(13)16(19)18-15/h5-7H,3-4,8-9H2,1-2H3,(H,17,18,19). The predicted molar refractivity (Wildman–Crippen MR) is 76.4 cm³/mol. The number of nitrogens with zero attached hydrogens (tertiary/aromatic N) is 1. The second-order valence-corrected chi connectivity index (χ2v) is 5.31. The molecular formula is C16H18N2O. The quantitative estimate of drug-likeness (QED) is 0.850. The van der Waals surface area contributed by atoms with Crippen LogP contribution in [0.3, 0.4) is 0 Å². The number of fused-ring (bicyclic) bond motifs is 1. The fraction of sp³-hybridized carbons (Fsp3) is 0.375. The Balaban J connectivity index is 2.22. The van der Waals surface area contributed by atoms with Crippen LogP contribution in [0.2, 0.25) is 0 Å². The van der Waals surface area contributed by atoms with Crippen molar-refractivity contribution in [3.8, 4) is 11.4 Å². The summed E-state index contributed by atoms with van der Waals surface area (Å²) >= 11 is 0. The third-order valence-corrected chi connectivity index (χ3v) is 3.91. The second-order valence-electron chi connectivity index (χ2n) is 5.31. The van der Waals surface area contributed by atoms with Gasteiger partial charge in [0, 0.05) is 11.1 Å². The van der Waals surface area contributed by atoms with E-state index in [4.69, 9.17) is 4.98 Å². The summed E-state index contributed by atoms with van der Waals surface area (Å²) in [5.74, 6) is 0.723. The zero-order valence-corrected chi connectivity index (χ0v) is 11.4. The van der Waals surface area contributed by atoms with Crippen molar-refractivity contribution in [1.29, 1.82) is 0 Å². The maximum absolute atomic E-state index is 12.2. The fourth-order valence-electron chi connectivity index (χ4n) is 2.91. The highest BCUT2D eigenvalue weighted by Crippen LogP contribution is 2.25. The molecule has 0 radical (unpaired) electrons. The van der Waals surface area contributed by atoms with E-state index in [1.807, 2.05) is 6.07 Å². The molecule has 2 aromatic rings. The molecule has 0 amide bonds. The molecule has 0 bridgehead atoms. The van der Waals surface area contributed by atoms with Crippen LogP contribution < -0.4 is 5.56 Å². The first-order valence-corrected chi connectivity index (χ1v) is 6.85. The molecule has 1 aliphatic rings. The van der Waals surface area contributed by atoms with Gasteiger partial charge in [0.2, 0.25) is 0 Å². The number of hydrogen-bond donors (Lipinski definition) is 1. The van der Waals surface area contributed by atoms with Gasteiger partial charge in [-0.2, -0.15) is 0 Å². The third-order valence-electron chi connectivity index (χ3n) is 3.91. The number of nitrogens with one attached hydrogen (secondary N) is 1. The lowest BCUT2D eigenvalue weighted by Gasteiger charge is -2.16. The van der Waals surface area contributed by atoms with E-state index in [0.29, 0.717) is 0 Å². The van der Waals surface area contributed by atoms with Gasteiger partial charge in [-0.25, -0.2) is 4.98 Å². The molecule has 0 unspecified atom stereocenters. The van der Waals surface area contributed by atoms with E-state index in [0.717, 1.165) is 59.5 Å². The van der Waals surface area contributed by atoms with Gasteiger partial charge in [0.15, 0.2) is 0 Å². The van der Waals surface area contributed by atoms with Gasteiger partial charge in [0.25, 0.3) is 5.56 Å². The summed E-state index contributed by atoms with van der Waals surface area (Å²) in [5, 5.41) is 0. The van der Waals surface area contributed by atoms with Crippen LogP contribution in [0.4, 0.5) is 0 Å². The largest absolute Gasteiger partial charge is 0.306 e. The number of hydrogen-bond acceptors (Lipinski definition) is 2. The normalized spacial score (nSPS) is 14.2. The van der Waals surface area contributed by atoms with Crippen molar-refractivity contribution in [2.75, 3.05) is 0 Å². The summed E-state index contributed by atoms with van der Waals surface area (Å²) < 4.78 is 0. The number of benzene rings is 1. The van der Waals surface area contributed by atoms with Crippen LogP contribution in [0.5, 0.6) is 0 Å². The van der Waals surface area contributed by atoms with Gasteiger partial charge < -0.3 is 4.98 Å². The van der Waals surface area contributed by atoms with Gasteiger partial charge in [-0.15, -0.1) is 0 Å². The molecule has 0 saturated heterocycles. The summed E-state index contributed by atoms with van der Waals surface area (Å²) in [6, 6.07) is 6.15. The summed E-state index contributed by atoms with van der Waals surface area (Å²) in [6.45, 7) is 4.11. The van der Waals surface area contributed by atoms with E-state index in [-0.39, 0.29) is 5.56 Å². The molecule has 0 aliphatic heterocycles. The van der Waals surface area contributed by atoms with Crippen molar-refractivity contribution in [2.45, 2.75) is 39.5 Å². The van der Waals surface area contributed by atoms with E-state index in [2.05, 4.69) is 31.0 Å². The molecule has 1 aromatic carbocycles. The minimum Gasteiger partial charge on any atom is -0.306 e. The lowest BCUT2D eigenvalue weighted by atomic mass is 9.96. The Hall–Kier alpha value is -1.90. The number of H-pyrrole nitrogens is 1. The molecule has 1 aliphatic carbocycles. The zero-order valence-electron chi connectivity index (χ0n) is 11.4. The third kappa shape index (κ3) is 2.09. The smallest absolute Gasteiger partial charge is 0.254 e. The van der Waals surface area contributed by atoms with Gasteiger partial charge in [0.1, 0.15) is 5.82 Å². The van der Waals surface area contributed by atoms with Gasteiger partial charge in [0.05, 0.1) is 5.69 Å². The SMILES string of the molecule is Cc1cccc(C)c1-c1nc2c(c(=O)[nH]1)CCCC2. The van der Waals surface area contributed by atoms with Crippen molar-refractivity contribution in [3.05, 3.63) is 50.9 Å². The Morgan fingerprint density at radius 1 is 1.11 bits per heavy atom. The molecule has 98 valence electrons. The molecule has 1 N–H and O–H groups in total. The number of aromatic nitrogens is 2. The fourth-order valence-corrected chi connectivity index (χ4v) is 2.91. The first kappa shape index (κ1) is 12.2. The lowest BCUT2D eigenvalue weighted by molar-refractivity contribution is 0.657. The number of aryl methyl sites for hydroxylation is 3. The van der Waals surface area contributed by atoms with Crippen LogP contribution in [0.15, 0.2) is 23.0 Å². The Morgan fingerprint density at radius 2 is 1.79 bits per heavy atom. The molecule has 0 fully saturated rings. The predicted octanol–water partition coefficient (Wildman–Crippen LogP) is 2.93. The summed E-state index contributed by atoms with van der Waals surface area (Å²) in [5.41, 5.74) is 5.29. The molecule has 1 heterocycles. The Morgan fingerprint density at radius 3 is 2.53 bits per heavy atom. The van der Waals surface area contributed by atoms with Gasteiger partial charge in [-0.1, -0.05) is 18.2 Å². The highest BCUT2D eigenvalue weighted by molar-refractivity contribution is 5.64. The lowest BCUT2D eigenvalue weighted by Crippen LogP contribution is -2.21. The van der Waals surface area contributed by atoms with E-state index < -0.39 is 0 Å². The zero-order chi connectivity index (χ0) is 13.4. The van der Waals surface area contributed by atoms with Crippen LogP contribution in [0, 0.1) is 13.8 Å². The molecule has 19 heavy (non-hydrogen) atoms. The Labute approximate surface area is 112 Å². The molecule has 0 spiro atoms. The van der Waals surface area contributed by atoms with E-state index in [1.165, 1.54) is 0 Å². The minimum atomic E-state index is 0.0438. The minimum absolute atomic E-state index is 0.0438. The van der Waals surface area contributed by atoms with Gasteiger partial charge >= 0.3 is 0 Å². The average Bonchev–Trinajstić information content (AvgIpc) is 2.38. The average molecular weight is 254 g/mol. The van der Waals surface area contributed by atoms with Crippen molar-refractivity contribution < 1.29 is 0 Å². The van der Waals surface area contributed by atoms with Crippen LogP contribution in [0.25, 0.3) is 11.4 Å². The van der Waals surface area contributed by atoms with E-state index in [1.54, 1.807) is 0 Å². The summed E-state index contributed by atoms with van der Waals surface area (Å²) in [4.78, 5) is 19.9. The molecular weight excluding hydrogens is 236 g/mol. The van der Waals surface area contributed by atoms with Crippen molar-refractivity contribution in [1.82, 2.24) is 9.97 Å². The monoisotopic (exact) mass is 254 g/mol. The topological polar surface area (TPSA) is 45.8 Å². The Bertz CT molecular complexity index is 665. The van der Waals surface area contributed by atoms with Crippen LogP contribution in [0.1, 0.15) is 35.2 Å². The summed E-state index contributed by atoms with van der Waals surface area (Å²) in [6.07, 6.45) is 4.03. The van der Waals surface area contributed by atoms with Crippen LogP contribution in [-0.4, -0.2) is 9.97 Å². The van der Waals surface area contributed by atoms with Crippen molar-refractivity contribution in [2.24, 2.45) is 0 Å². The molecule has 3 rings (SSSR count). The van der Waals surface area contributed by atoms with Crippen LogP contribution >= 0.6 is 0 Å². The second kappa shape index (κ2) is 4.65. The molecule has 0 atom stereocenters. The van der Waals surface area contributed by atoms with Gasteiger partial charge in [-0.3, -0.25) is 4.79 Å². The van der Waals surface area contributed by atoms with Gasteiger partial charge in [-0.05, 0) is 50.7 Å². The maximum Gasteiger partial charge on any atom is 0.254 e. The first-order valence-electron chi connectivity index (χ1n) is 6.85. The first-order chi connectivity index (χ1) is 9.16. The van der Waals surface area contributed by atoms with Crippen molar-refractivity contribution in [3.63, 3.8) is 0 Å². The number of rotatable bonds is 1.